The van der Waals surface area contributed by atoms with Gasteiger partial charge in [0.05, 0.1) is 16.6 Å². The molecule has 5 rings (SSSR count). The molecule has 1 unspecified atom stereocenters. The molecule has 1 saturated heterocycles. The van der Waals surface area contributed by atoms with E-state index in [1.54, 1.807) is 7.05 Å². The fourth-order valence-electron chi connectivity index (χ4n) is 4.95. The van der Waals surface area contributed by atoms with Gasteiger partial charge in [0, 0.05) is 50.3 Å². The highest BCUT2D eigenvalue weighted by Gasteiger charge is 2.27. The molecule has 0 aliphatic carbocycles. The molecule has 1 atom stereocenters. The lowest BCUT2D eigenvalue weighted by atomic mass is 10.0. The Hall–Kier alpha value is -3.07. The van der Waals surface area contributed by atoms with Gasteiger partial charge in [-0.2, -0.15) is 9.57 Å². The molecule has 2 aromatic carbocycles. The molecule has 10 heteroatoms. The molecule has 0 saturated carbocycles. The SMILES string of the molecule is CN(CC1CCCO1)S(=O)(=O)c1ccc(C(=O)Nc2sc3c(c2C#N)CCN(Cc2ccccc2)C3)cc1. The normalized spacial score (nSPS) is 17.8. The molecule has 198 valence electrons. The summed E-state index contributed by atoms with van der Waals surface area (Å²) in [5.74, 6) is -0.377. The molecule has 8 nitrogen and oxygen atoms in total. The lowest BCUT2D eigenvalue weighted by molar-refractivity contribution is 0.0979. The van der Waals surface area contributed by atoms with E-state index in [9.17, 15) is 18.5 Å². The molecular formula is C28H30N4O4S2. The fourth-order valence-corrected chi connectivity index (χ4v) is 7.38. The van der Waals surface area contributed by atoms with E-state index < -0.39 is 10.0 Å². The van der Waals surface area contributed by atoms with Gasteiger partial charge in [-0.15, -0.1) is 11.3 Å². The van der Waals surface area contributed by atoms with Gasteiger partial charge in [-0.05, 0) is 54.7 Å². The fraction of sp³-hybridized carbons (Fsp3) is 0.357. The van der Waals surface area contributed by atoms with E-state index >= 15 is 0 Å². The molecular weight excluding hydrogens is 520 g/mol. The van der Waals surface area contributed by atoms with Crippen LogP contribution in [0.15, 0.2) is 59.5 Å². The highest BCUT2D eigenvalue weighted by Crippen LogP contribution is 2.37. The predicted octanol–water partition coefficient (Wildman–Crippen LogP) is 4.23. The molecule has 0 spiro atoms. The number of carbonyl (C=O) groups excluding carboxylic acids is 1. The van der Waals surface area contributed by atoms with Gasteiger partial charge >= 0.3 is 0 Å². The molecule has 1 N–H and O–H groups in total. The van der Waals surface area contributed by atoms with Crippen LogP contribution in [0.25, 0.3) is 0 Å². The highest BCUT2D eigenvalue weighted by molar-refractivity contribution is 7.89. The van der Waals surface area contributed by atoms with Gasteiger partial charge in [-0.25, -0.2) is 8.42 Å². The van der Waals surface area contributed by atoms with Crippen molar-refractivity contribution in [1.82, 2.24) is 9.21 Å². The zero-order chi connectivity index (χ0) is 26.7. The predicted molar refractivity (Wildman–Crippen MR) is 146 cm³/mol. The molecule has 0 radical (unpaired) electrons. The summed E-state index contributed by atoms with van der Waals surface area (Å²) >= 11 is 1.44. The van der Waals surface area contributed by atoms with Crippen LogP contribution in [0.5, 0.6) is 0 Å². The Morgan fingerprint density at radius 3 is 2.66 bits per heavy atom. The Kier molecular flexibility index (Phi) is 7.93. The first-order valence-corrected chi connectivity index (χ1v) is 14.9. The van der Waals surface area contributed by atoms with Gasteiger partial charge in [-0.1, -0.05) is 30.3 Å². The minimum absolute atomic E-state index is 0.0869. The van der Waals surface area contributed by atoms with Crippen molar-refractivity contribution >= 4 is 32.3 Å². The second kappa shape index (κ2) is 11.4. The third-order valence-corrected chi connectivity index (χ3v) is 10.0. The number of sulfonamides is 1. The van der Waals surface area contributed by atoms with Gasteiger partial charge in [0.25, 0.3) is 5.91 Å². The van der Waals surface area contributed by atoms with Crippen LogP contribution in [0.1, 0.15) is 44.8 Å². The number of amides is 1. The maximum atomic E-state index is 13.0. The van der Waals surface area contributed by atoms with Gasteiger partial charge in [0.1, 0.15) is 11.1 Å². The highest BCUT2D eigenvalue weighted by atomic mass is 32.2. The van der Waals surface area contributed by atoms with Crippen LogP contribution in [0, 0.1) is 11.3 Å². The molecule has 1 amide bonds. The minimum atomic E-state index is -3.69. The van der Waals surface area contributed by atoms with Gasteiger partial charge in [-0.3, -0.25) is 9.69 Å². The Bertz CT molecular complexity index is 1440. The number of anilines is 1. The van der Waals surface area contributed by atoms with Crippen LogP contribution in [0.4, 0.5) is 5.00 Å². The Balaban J connectivity index is 1.26. The van der Waals surface area contributed by atoms with Crippen molar-refractivity contribution in [2.45, 2.75) is 43.4 Å². The molecule has 3 aromatic rings. The molecule has 3 heterocycles. The number of hydrogen-bond donors (Lipinski definition) is 1. The first kappa shape index (κ1) is 26.5. The Morgan fingerprint density at radius 2 is 1.97 bits per heavy atom. The number of carbonyl (C=O) groups is 1. The standard InChI is InChI=1S/C28H30N4O4S2/c1-31(18-22-8-5-15-36-22)38(34,35)23-11-9-21(10-12-23)27(33)30-28-25(16-29)24-13-14-32(19-26(24)37-28)17-20-6-3-2-4-7-20/h2-4,6-7,9-12,22H,5,8,13-15,17-19H2,1H3,(H,30,33). The van der Waals surface area contributed by atoms with Crippen LogP contribution in [0.3, 0.4) is 0 Å². The number of nitriles is 1. The molecule has 1 aromatic heterocycles. The number of nitrogens with zero attached hydrogens (tertiary/aromatic N) is 3. The number of hydrogen-bond acceptors (Lipinski definition) is 7. The Labute approximate surface area is 227 Å². The van der Waals surface area contributed by atoms with Crippen molar-refractivity contribution in [3.05, 3.63) is 81.7 Å². The summed E-state index contributed by atoms with van der Waals surface area (Å²) in [4.78, 5) is 16.6. The van der Waals surface area contributed by atoms with Crippen LogP contribution in [-0.4, -0.2) is 56.4 Å². The second-order valence-corrected chi connectivity index (χ2v) is 12.8. The summed E-state index contributed by atoms with van der Waals surface area (Å²) in [5.41, 5.74) is 3.09. The van der Waals surface area contributed by atoms with Crippen molar-refractivity contribution in [3.8, 4) is 6.07 Å². The monoisotopic (exact) mass is 550 g/mol. The van der Waals surface area contributed by atoms with E-state index in [-0.39, 0.29) is 16.9 Å². The van der Waals surface area contributed by atoms with Crippen LogP contribution < -0.4 is 5.32 Å². The Morgan fingerprint density at radius 1 is 1.21 bits per heavy atom. The van der Waals surface area contributed by atoms with Crippen molar-refractivity contribution in [2.75, 3.05) is 32.1 Å². The zero-order valence-corrected chi connectivity index (χ0v) is 22.9. The number of nitrogens with one attached hydrogen (secondary N) is 1. The molecule has 2 aliphatic heterocycles. The van der Waals surface area contributed by atoms with E-state index in [1.807, 2.05) is 18.2 Å². The summed E-state index contributed by atoms with van der Waals surface area (Å²) in [6.07, 6.45) is 2.45. The van der Waals surface area contributed by atoms with Gasteiger partial charge in [0.2, 0.25) is 10.0 Å². The number of thiophene rings is 1. The van der Waals surface area contributed by atoms with Gasteiger partial charge in [0.15, 0.2) is 0 Å². The number of ether oxygens (including phenoxy) is 1. The van der Waals surface area contributed by atoms with E-state index in [0.717, 1.165) is 49.3 Å². The minimum Gasteiger partial charge on any atom is -0.377 e. The first-order valence-electron chi connectivity index (χ1n) is 12.7. The number of fused-ring (bicyclic) bond motifs is 1. The number of rotatable bonds is 8. The van der Waals surface area contributed by atoms with Crippen molar-refractivity contribution in [3.63, 3.8) is 0 Å². The van der Waals surface area contributed by atoms with E-state index in [0.29, 0.717) is 29.3 Å². The molecule has 1 fully saturated rings. The molecule has 38 heavy (non-hydrogen) atoms. The maximum Gasteiger partial charge on any atom is 0.256 e. The lowest BCUT2D eigenvalue weighted by Gasteiger charge is -2.26. The smallest absolute Gasteiger partial charge is 0.256 e. The van der Waals surface area contributed by atoms with Crippen molar-refractivity contribution < 1.29 is 17.9 Å². The summed E-state index contributed by atoms with van der Waals surface area (Å²) in [5, 5.41) is 13.3. The van der Waals surface area contributed by atoms with E-state index in [2.05, 4.69) is 28.4 Å². The molecule has 2 aliphatic rings. The largest absolute Gasteiger partial charge is 0.377 e. The van der Waals surface area contributed by atoms with Crippen LogP contribution in [-0.2, 0) is 34.3 Å². The van der Waals surface area contributed by atoms with Crippen molar-refractivity contribution in [2.24, 2.45) is 0 Å². The maximum absolute atomic E-state index is 13.0. The average molecular weight is 551 g/mol. The van der Waals surface area contributed by atoms with E-state index in [1.165, 1.54) is 45.5 Å². The van der Waals surface area contributed by atoms with Crippen molar-refractivity contribution in [1.29, 1.82) is 5.26 Å². The third kappa shape index (κ3) is 5.67. The topological polar surface area (TPSA) is 103 Å². The van der Waals surface area contributed by atoms with Gasteiger partial charge < -0.3 is 10.1 Å². The average Bonchev–Trinajstić information content (AvgIpc) is 3.56. The second-order valence-electron chi connectivity index (χ2n) is 9.67. The number of benzene rings is 2. The zero-order valence-electron chi connectivity index (χ0n) is 21.2. The first-order chi connectivity index (χ1) is 18.3. The summed E-state index contributed by atoms with van der Waals surface area (Å²) in [6.45, 7) is 3.37. The summed E-state index contributed by atoms with van der Waals surface area (Å²) in [6, 6.07) is 18.5. The summed E-state index contributed by atoms with van der Waals surface area (Å²) in [7, 11) is -2.15. The van der Waals surface area contributed by atoms with E-state index in [4.69, 9.17) is 4.74 Å². The van der Waals surface area contributed by atoms with Crippen LogP contribution >= 0.6 is 11.3 Å². The summed E-state index contributed by atoms with van der Waals surface area (Å²) < 4.78 is 32.8. The third-order valence-electron chi connectivity index (χ3n) is 7.03. The lowest BCUT2D eigenvalue weighted by Crippen LogP contribution is -2.34. The molecule has 0 bridgehead atoms. The number of likely N-dealkylation sites (N-methyl/N-ethyl adjacent to an activating group) is 1. The van der Waals surface area contributed by atoms with Crippen LogP contribution in [0.2, 0.25) is 0 Å². The quantitative estimate of drug-likeness (QED) is 0.450.